The highest BCUT2D eigenvalue weighted by Crippen LogP contribution is 2.38. The van der Waals surface area contributed by atoms with Crippen LogP contribution >= 0.6 is 0 Å². The zero-order valence-corrected chi connectivity index (χ0v) is 15.8. The Balaban J connectivity index is 1.91. The fourth-order valence-electron chi connectivity index (χ4n) is 2.54. The maximum atomic E-state index is 12.5. The van der Waals surface area contributed by atoms with Crippen LogP contribution in [-0.2, 0) is 10.0 Å². The molecule has 3 aromatic rings. The van der Waals surface area contributed by atoms with E-state index in [2.05, 4.69) is 4.72 Å². The molecule has 0 amide bonds. The van der Waals surface area contributed by atoms with Crippen LogP contribution in [0.5, 0.6) is 17.2 Å². The van der Waals surface area contributed by atoms with E-state index >= 15 is 0 Å². The first-order valence-electron chi connectivity index (χ1n) is 8.42. The van der Waals surface area contributed by atoms with Gasteiger partial charge in [-0.1, -0.05) is 36.4 Å². The third-order valence-electron chi connectivity index (χ3n) is 4.02. The third-order valence-corrected chi connectivity index (χ3v) is 5.37. The van der Waals surface area contributed by atoms with Crippen molar-refractivity contribution in [1.82, 2.24) is 0 Å². The number of phenols is 3. The van der Waals surface area contributed by atoms with Crippen molar-refractivity contribution in [1.29, 1.82) is 0 Å². The number of sulfonamides is 1. The number of ketones is 1. The molecule has 0 fully saturated rings. The Hall–Kier alpha value is -3.78. The van der Waals surface area contributed by atoms with Gasteiger partial charge in [-0.2, -0.15) is 0 Å². The second-order valence-corrected chi connectivity index (χ2v) is 7.75. The summed E-state index contributed by atoms with van der Waals surface area (Å²) in [5.74, 6) is -1.61. The topological polar surface area (TPSA) is 124 Å². The van der Waals surface area contributed by atoms with Gasteiger partial charge in [-0.05, 0) is 36.4 Å². The zero-order chi connectivity index (χ0) is 21.0. The first-order valence-corrected chi connectivity index (χ1v) is 9.90. The van der Waals surface area contributed by atoms with Crippen molar-refractivity contribution in [2.45, 2.75) is 4.90 Å². The van der Waals surface area contributed by atoms with Crippen LogP contribution in [0.3, 0.4) is 0 Å². The summed E-state index contributed by atoms with van der Waals surface area (Å²) < 4.78 is 27.1. The number of carbonyl (C=O) groups is 1. The number of benzene rings is 3. The number of carbonyl (C=O) groups excluding carboxylic acids is 1. The first-order chi connectivity index (χ1) is 13.8. The van der Waals surface area contributed by atoms with Crippen molar-refractivity contribution in [2.24, 2.45) is 0 Å². The fourth-order valence-corrected chi connectivity index (χ4v) is 3.66. The number of phenolic OH excluding ortho intramolecular Hbond substituents is 3. The van der Waals surface area contributed by atoms with Gasteiger partial charge in [0.1, 0.15) is 17.2 Å². The Bertz CT molecular complexity index is 1190. The van der Waals surface area contributed by atoms with Gasteiger partial charge in [0.25, 0.3) is 10.0 Å². The van der Waals surface area contributed by atoms with E-state index in [1.54, 1.807) is 30.3 Å². The van der Waals surface area contributed by atoms with Crippen molar-refractivity contribution in [3.8, 4) is 17.2 Å². The Labute approximate surface area is 167 Å². The second-order valence-electron chi connectivity index (χ2n) is 6.06. The van der Waals surface area contributed by atoms with Crippen LogP contribution < -0.4 is 4.72 Å². The highest BCUT2D eigenvalue weighted by molar-refractivity contribution is 7.92. The number of anilines is 1. The highest BCUT2D eigenvalue weighted by Gasteiger charge is 2.20. The quantitative estimate of drug-likeness (QED) is 0.280. The van der Waals surface area contributed by atoms with Gasteiger partial charge in [0, 0.05) is 17.2 Å². The van der Waals surface area contributed by atoms with Crippen molar-refractivity contribution < 1.29 is 28.5 Å². The Morgan fingerprint density at radius 2 is 1.62 bits per heavy atom. The number of allylic oxidation sites excluding steroid dienone is 1. The molecule has 148 valence electrons. The van der Waals surface area contributed by atoms with Gasteiger partial charge in [-0.15, -0.1) is 0 Å². The number of nitrogens with one attached hydrogen (secondary N) is 1. The van der Waals surface area contributed by atoms with Crippen LogP contribution in [0, 0.1) is 0 Å². The minimum atomic E-state index is -4.19. The van der Waals surface area contributed by atoms with E-state index in [-0.39, 0.29) is 22.0 Å². The fraction of sp³-hybridized carbons (Fsp3) is 0. The monoisotopic (exact) mass is 411 g/mol. The molecule has 0 heterocycles. The third kappa shape index (κ3) is 4.56. The van der Waals surface area contributed by atoms with E-state index in [1.807, 2.05) is 0 Å². The number of rotatable bonds is 6. The van der Waals surface area contributed by atoms with E-state index in [0.717, 1.165) is 6.07 Å². The van der Waals surface area contributed by atoms with E-state index in [9.17, 15) is 28.5 Å². The highest BCUT2D eigenvalue weighted by atomic mass is 32.2. The molecule has 29 heavy (non-hydrogen) atoms. The molecule has 3 aromatic carbocycles. The molecule has 4 N–H and O–H groups in total. The summed E-state index contributed by atoms with van der Waals surface area (Å²) in [5.41, 5.74) is 0.134. The summed E-state index contributed by atoms with van der Waals surface area (Å²) >= 11 is 0. The smallest absolute Gasteiger partial charge is 0.262 e. The molecule has 0 aliphatic heterocycles. The summed E-state index contributed by atoms with van der Waals surface area (Å²) in [6, 6.07) is 15.9. The lowest BCUT2D eigenvalue weighted by molar-refractivity contribution is 0.104. The van der Waals surface area contributed by atoms with Crippen molar-refractivity contribution in [3.05, 3.63) is 83.9 Å². The van der Waals surface area contributed by atoms with Crippen LogP contribution in [0.4, 0.5) is 5.69 Å². The van der Waals surface area contributed by atoms with Crippen molar-refractivity contribution in [3.63, 3.8) is 0 Å². The maximum absolute atomic E-state index is 12.5. The van der Waals surface area contributed by atoms with Gasteiger partial charge in [0.2, 0.25) is 0 Å². The van der Waals surface area contributed by atoms with Crippen LogP contribution in [0.2, 0.25) is 0 Å². The SMILES string of the molecule is O=C(C=Cc1ccc(O)c(NS(=O)(=O)c2cccc(O)c2)c1O)c1ccccc1. The summed E-state index contributed by atoms with van der Waals surface area (Å²) in [6.45, 7) is 0. The van der Waals surface area contributed by atoms with Crippen LogP contribution in [0.25, 0.3) is 6.08 Å². The number of aromatic hydroxyl groups is 3. The molecule has 3 rings (SSSR count). The zero-order valence-electron chi connectivity index (χ0n) is 15.0. The van der Waals surface area contributed by atoms with Gasteiger partial charge < -0.3 is 15.3 Å². The molecule has 0 radical (unpaired) electrons. The minimum Gasteiger partial charge on any atom is -0.508 e. The normalized spacial score (nSPS) is 11.4. The lowest BCUT2D eigenvalue weighted by atomic mass is 10.1. The Kier molecular flexibility index (Phi) is 5.56. The molecule has 0 bridgehead atoms. The van der Waals surface area contributed by atoms with E-state index in [1.165, 1.54) is 42.5 Å². The van der Waals surface area contributed by atoms with E-state index < -0.39 is 27.2 Å². The van der Waals surface area contributed by atoms with Gasteiger partial charge in [0.05, 0.1) is 4.90 Å². The van der Waals surface area contributed by atoms with Gasteiger partial charge in [-0.25, -0.2) is 8.42 Å². The molecule has 0 aliphatic rings. The molecule has 0 aliphatic carbocycles. The molecule has 8 heteroatoms. The maximum Gasteiger partial charge on any atom is 0.262 e. The Morgan fingerprint density at radius 3 is 2.31 bits per heavy atom. The van der Waals surface area contributed by atoms with E-state index in [0.29, 0.717) is 5.56 Å². The van der Waals surface area contributed by atoms with Crippen LogP contribution in [0.15, 0.2) is 77.7 Å². The molecule has 0 saturated heterocycles. The lowest BCUT2D eigenvalue weighted by Crippen LogP contribution is -2.13. The summed E-state index contributed by atoms with van der Waals surface area (Å²) in [6.07, 6.45) is 2.55. The Morgan fingerprint density at radius 1 is 0.897 bits per heavy atom. The van der Waals surface area contributed by atoms with Crippen LogP contribution in [0.1, 0.15) is 15.9 Å². The predicted molar refractivity (Wildman–Crippen MR) is 108 cm³/mol. The predicted octanol–water partition coefficient (Wildman–Crippen LogP) is 3.50. The average Bonchev–Trinajstić information content (AvgIpc) is 2.71. The van der Waals surface area contributed by atoms with Crippen LogP contribution in [-0.4, -0.2) is 29.5 Å². The molecule has 7 nitrogen and oxygen atoms in total. The number of hydrogen-bond donors (Lipinski definition) is 4. The molecule has 0 atom stereocenters. The molecule has 0 saturated carbocycles. The number of hydrogen-bond acceptors (Lipinski definition) is 6. The standard InChI is InChI=1S/C21H17NO6S/c23-16-7-4-8-17(13-16)29(27,28)22-20-19(25)12-10-15(21(20)26)9-11-18(24)14-5-2-1-3-6-14/h1-13,22-23,25-26H. The first kappa shape index (κ1) is 20.0. The van der Waals surface area contributed by atoms with Gasteiger partial charge in [0.15, 0.2) is 11.5 Å². The molecule has 0 unspecified atom stereocenters. The van der Waals surface area contributed by atoms with Crippen molar-refractivity contribution in [2.75, 3.05) is 4.72 Å². The lowest BCUT2D eigenvalue weighted by Gasteiger charge is -2.13. The van der Waals surface area contributed by atoms with Gasteiger partial charge in [-0.3, -0.25) is 9.52 Å². The summed E-state index contributed by atoms with van der Waals surface area (Å²) in [7, 11) is -4.19. The second kappa shape index (κ2) is 8.07. The summed E-state index contributed by atoms with van der Waals surface area (Å²) in [4.78, 5) is 11.9. The van der Waals surface area contributed by atoms with Crippen molar-refractivity contribution >= 4 is 27.6 Å². The molecular weight excluding hydrogens is 394 g/mol. The average molecular weight is 411 g/mol. The van der Waals surface area contributed by atoms with E-state index in [4.69, 9.17) is 0 Å². The molecule has 0 aromatic heterocycles. The summed E-state index contributed by atoms with van der Waals surface area (Å²) in [5, 5.41) is 29.9. The molecular formula is C21H17NO6S. The minimum absolute atomic E-state index is 0.126. The molecule has 0 spiro atoms. The van der Waals surface area contributed by atoms with Gasteiger partial charge >= 0.3 is 0 Å². The largest absolute Gasteiger partial charge is 0.508 e.